The molecule has 2 rings (SSSR count). The molecule has 1 N–H and O–H groups in total. The van der Waals surface area contributed by atoms with Crippen LogP contribution in [0.3, 0.4) is 0 Å². The predicted octanol–water partition coefficient (Wildman–Crippen LogP) is 2.80. The molecule has 0 aliphatic carbocycles. The van der Waals surface area contributed by atoms with E-state index in [1.165, 1.54) is 0 Å². The van der Waals surface area contributed by atoms with Gasteiger partial charge in [0.15, 0.2) is 0 Å². The van der Waals surface area contributed by atoms with Gasteiger partial charge in [-0.3, -0.25) is 0 Å². The van der Waals surface area contributed by atoms with E-state index in [-0.39, 0.29) is 0 Å². The number of ether oxygens (including phenoxy) is 2. The second-order valence-electron chi connectivity index (χ2n) is 4.58. The van der Waals surface area contributed by atoms with Gasteiger partial charge in [0.2, 0.25) is 5.95 Å². The standard InChI is InChI=1S/C16H23N3O2/c1-2-20-13-6-11-19-12-9-17-16(19)18-10-14-21-15-7-4-3-5-8-15/h3-5,7-9,12H,2,6,10-11,13-14H2,1H3,(H,17,18). The molecular weight excluding hydrogens is 266 g/mol. The fourth-order valence-corrected chi connectivity index (χ4v) is 1.99. The molecule has 21 heavy (non-hydrogen) atoms. The monoisotopic (exact) mass is 289 g/mol. The highest BCUT2D eigenvalue weighted by molar-refractivity contribution is 5.26. The molecule has 0 bridgehead atoms. The first-order chi connectivity index (χ1) is 10.4. The van der Waals surface area contributed by atoms with Gasteiger partial charge in [-0.1, -0.05) is 18.2 Å². The van der Waals surface area contributed by atoms with E-state index in [0.717, 1.165) is 44.4 Å². The van der Waals surface area contributed by atoms with Crippen LogP contribution in [0.4, 0.5) is 5.95 Å². The molecule has 0 aliphatic rings. The highest BCUT2D eigenvalue weighted by Gasteiger charge is 2.01. The van der Waals surface area contributed by atoms with Gasteiger partial charge in [0.1, 0.15) is 12.4 Å². The molecule has 0 aliphatic heterocycles. The molecule has 114 valence electrons. The summed E-state index contributed by atoms with van der Waals surface area (Å²) in [6, 6.07) is 9.81. The van der Waals surface area contributed by atoms with Crippen molar-refractivity contribution in [2.24, 2.45) is 0 Å². The second kappa shape index (κ2) is 9.02. The lowest BCUT2D eigenvalue weighted by Gasteiger charge is -2.10. The maximum absolute atomic E-state index is 5.64. The molecule has 1 heterocycles. The molecule has 1 aromatic heterocycles. The molecule has 5 nitrogen and oxygen atoms in total. The number of nitrogens with zero attached hydrogens (tertiary/aromatic N) is 2. The van der Waals surface area contributed by atoms with Gasteiger partial charge in [0, 0.05) is 32.2 Å². The minimum atomic E-state index is 0.607. The Labute approximate surface area is 125 Å². The minimum absolute atomic E-state index is 0.607. The molecule has 0 fully saturated rings. The summed E-state index contributed by atoms with van der Waals surface area (Å²) in [6.45, 7) is 5.79. The van der Waals surface area contributed by atoms with E-state index in [4.69, 9.17) is 9.47 Å². The van der Waals surface area contributed by atoms with Gasteiger partial charge in [0.05, 0.1) is 6.54 Å². The zero-order valence-electron chi connectivity index (χ0n) is 12.5. The Bertz CT molecular complexity index is 499. The van der Waals surface area contributed by atoms with E-state index in [0.29, 0.717) is 6.61 Å². The Kier molecular flexibility index (Phi) is 6.61. The number of imidazole rings is 1. The van der Waals surface area contributed by atoms with Crippen molar-refractivity contribution in [1.29, 1.82) is 0 Å². The topological polar surface area (TPSA) is 48.3 Å². The largest absolute Gasteiger partial charge is 0.492 e. The highest BCUT2D eigenvalue weighted by atomic mass is 16.5. The fourth-order valence-electron chi connectivity index (χ4n) is 1.99. The van der Waals surface area contributed by atoms with Crippen molar-refractivity contribution in [3.05, 3.63) is 42.7 Å². The van der Waals surface area contributed by atoms with E-state index in [2.05, 4.69) is 14.9 Å². The van der Waals surface area contributed by atoms with Gasteiger partial charge in [-0.2, -0.15) is 0 Å². The first-order valence-corrected chi connectivity index (χ1v) is 7.40. The molecule has 0 radical (unpaired) electrons. The summed E-state index contributed by atoms with van der Waals surface area (Å²) in [7, 11) is 0. The third kappa shape index (κ3) is 5.47. The molecule has 0 saturated carbocycles. The highest BCUT2D eigenvalue weighted by Crippen LogP contribution is 2.08. The van der Waals surface area contributed by atoms with Crippen molar-refractivity contribution in [3.63, 3.8) is 0 Å². The van der Waals surface area contributed by atoms with E-state index >= 15 is 0 Å². The SMILES string of the molecule is CCOCCCn1ccnc1NCCOc1ccccc1. The number of nitrogens with one attached hydrogen (secondary N) is 1. The van der Waals surface area contributed by atoms with Gasteiger partial charge in [-0.15, -0.1) is 0 Å². The van der Waals surface area contributed by atoms with E-state index in [1.807, 2.05) is 43.5 Å². The van der Waals surface area contributed by atoms with Crippen LogP contribution in [0.5, 0.6) is 5.75 Å². The molecule has 0 amide bonds. The summed E-state index contributed by atoms with van der Waals surface area (Å²) in [6.07, 6.45) is 4.77. The van der Waals surface area contributed by atoms with Crippen molar-refractivity contribution in [3.8, 4) is 5.75 Å². The number of para-hydroxylation sites is 1. The Morgan fingerprint density at radius 1 is 1.19 bits per heavy atom. The summed E-state index contributed by atoms with van der Waals surface area (Å²) in [5.41, 5.74) is 0. The second-order valence-corrected chi connectivity index (χ2v) is 4.58. The Morgan fingerprint density at radius 2 is 2.05 bits per heavy atom. The van der Waals surface area contributed by atoms with Gasteiger partial charge >= 0.3 is 0 Å². The van der Waals surface area contributed by atoms with Crippen LogP contribution in [-0.4, -0.2) is 35.9 Å². The maximum atomic E-state index is 5.64. The summed E-state index contributed by atoms with van der Waals surface area (Å²) >= 11 is 0. The van der Waals surface area contributed by atoms with E-state index in [9.17, 15) is 0 Å². The number of hydrogen-bond acceptors (Lipinski definition) is 4. The number of anilines is 1. The number of aromatic nitrogens is 2. The van der Waals surface area contributed by atoms with Crippen LogP contribution < -0.4 is 10.1 Å². The normalized spacial score (nSPS) is 10.5. The van der Waals surface area contributed by atoms with Gasteiger partial charge < -0.3 is 19.4 Å². The molecule has 5 heteroatoms. The van der Waals surface area contributed by atoms with Gasteiger partial charge in [-0.25, -0.2) is 4.98 Å². The van der Waals surface area contributed by atoms with Crippen LogP contribution >= 0.6 is 0 Å². The lowest BCUT2D eigenvalue weighted by Crippen LogP contribution is -2.15. The fraction of sp³-hybridized carbons (Fsp3) is 0.438. The summed E-state index contributed by atoms with van der Waals surface area (Å²) in [5, 5.41) is 3.29. The van der Waals surface area contributed by atoms with Crippen molar-refractivity contribution < 1.29 is 9.47 Å². The Hall–Kier alpha value is -2.01. The molecule has 1 aromatic carbocycles. The Balaban J connectivity index is 1.67. The van der Waals surface area contributed by atoms with Crippen molar-refractivity contribution in [2.75, 3.05) is 31.7 Å². The summed E-state index contributed by atoms with van der Waals surface area (Å²) in [4.78, 5) is 4.32. The summed E-state index contributed by atoms with van der Waals surface area (Å²) in [5.74, 6) is 1.77. The average molecular weight is 289 g/mol. The van der Waals surface area contributed by atoms with Crippen LogP contribution in [0, 0.1) is 0 Å². The third-order valence-electron chi connectivity index (χ3n) is 3.00. The van der Waals surface area contributed by atoms with Crippen molar-refractivity contribution in [1.82, 2.24) is 9.55 Å². The van der Waals surface area contributed by atoms with Crippen molar-refractivity contribution in [2.45, 2.75) is 19.9 Å². The van der Waals surface area contributed by atoms with Crippen LogP contribution in [0.15, 0.2) is 42.7 Å². The minimum Gasteiger partial charge on any atom is -0.492 e. The number of hydrogen-bond donors (Lipinski definition) is 1. The quantitative estimate of drug-likeness (QED) is 0.683. The van der Waals surface area contributed by atoms with E-state index < -0.39 is 0 Å². The lowest BCUT2D eigenvalue weighted by molar-refractivity contribution is 0.142. The van der Waals surface area contributed by atoms with Crippen LogP contribution in [0.25, 0.3) is 0 Å². The average Bonchev–Trinajstić information content (AvgIpc) is 2.97. The lowest BCUT2D eigenvalue weighted by atomic mass is 10.3. The van der Waals surface area contributed by atoms with Crippen LogP contribution in [-0.2, 0) is 11.3 Å². The molecule has 0 atom stereocenters. The Morgan fingerprint density at radius 3 is 2.86 bits per heavy atom. The van der Waals surface area contributed by atoms with Crippen LogP contribution in [0.1, 0.15) is 13.3 Å². The zero-order chi connectivity index (χ0) is 14.8. The number of aryl methyl sites for hydroxylation is 1. The van der Waals surface area contributed by atoms with Crippen molar-refractivity contribution >= 4 is 5.95 Å². The first-order valence-electron chi connectivity index (χ1n) is 7.40. The number of benzene rings is 1. The number of rotatable bonds is 10. The third-order valence-corrected chi connectivity index (χ3v) is 3.00. The van der Waals surface area contributed by atoms with Gasteiger partial charge in [-0.05, 0) is 25.5 Å². The molecule has 0 unspecified atom stereocenters. The van der Waals surface area contributed by atoms with E-state index in [1.54, 1.807) is 6.20 Å². The predicted molar refractivity (Wildman–Crippen MR) is 83.8 cm³/mol. The summed E-state index contributed by atoms with van der Waals surface area (Å²) < 4.78 is 13.1. The maximum Gasteiger partial charge on any atom is 0.202 e. The molecule has 0 saturated heterocycles. The van der Waals surface area contributed by atoms with Crippen LogP contribution in [0.2, 0.25) is 0 Å². The molecule has 2 aromatic rings. The molecular formula is C16H23N3O2. The first kappa shape index (κ1) is 15.4. The van der Waals surface area contributed by atoms with Gasteiger partial charge in [0.25, 0.3) is 0 Å². The molecule has 0 spiro atoms. The zero-order valence-corrected chi connectivity index (χ0v) is 12.5. The smallest absolute Gasteiger partial charge is 0.202 e.